The summed E-state index contributed by atoms with van der Waals surface area (Å²) >= 11 is 0. The number of rotatable bonds is 7. The number of anilines is 1. The molecular weight excluding hydrogens is 410 g/mol. The van der Waals surface area contributed by atoms with Crippen molar-refractivity contribution in [2.45, 2.75) is 17.7 Å². The Balaban J connectivity index is 1.75. The number of hydrogen-bond donors (Lipinski definition) is 2. The van der Waals surface area contributed by atoms with Gasteiger partial charge in [-0.25, -0.2) is 13.1 Å². The Bertz CT molecular complexity index is 1020. The SMILES string of the molecule is CN1CCC(CNc2ccc(S(=O)(=O)NC(=O)c3ccccn3)cc2[N+](=O)[O-])CC1. The third-order valence-electron chi connectivity index (χ3n) is 5.02. The average molecular weight is 433 g/mol. The molecule has 0 atom stereocenters. The first-order valence-corrected chi connectivity index (χ1v) is 10.9. The van der Waals surface area contributed by atoms with Gasteiger partial charge in [0.2, 0.25) is 0 Å². The van der Waals surface area contributed by atoms with Crippen molar-refractivity contribution in [2.75, 3.05) is 32.0 Å². The summed E-state index contributed by atoms with van der Waals surface area (Å²) in [5, 5.41) is 14.6. The van der Waals surface area contributed by atoms with E-state index in [0.29, 0.717) is 12.5 Å². The van der Waals surface area contributed by atoms with E-state index in [1.165, 1.54) is 24.4 Å². The number of nitrogens with one attached hydrogen (secondary N) is 2. The number of amides is 1. The van der Waals surface area contributed by atoms with Gasteiger partial charge in [-0.2, -0.15) is 0 Å². The second kappa shape index (κ2) is 9.18. The van der Waals surface area contributed by atoms with Gasteiger partial charge in [-0.3, -0.25) is 19.9 Å². The maximum Gasteiger partial charge on any atom is 0.293 e. The summed E-state index contributed by atoms with van der Waals surface area (Å²) in [5.74, 6) is -0.524. The molecule has 1 fully saturated rings. The Kier molecular flexibility index (Phi) is 6.63. The van der Waals surface area contributed by atoms with Crippen LogP contribution < -0.4 is 10.0 Å². The zero-order valence-corrected chi connectivity index (χ0v) is 17.3. The van der Waals surface area contributed by atoms with Gasteiger partial charge < -0.3 is 10.2 Å². The highest BCUT2D eigenvalue weighted by Crippen LogP contribution is 2.28. The molecule has 0 saturated carbocycles. The van der Waals surface area contributed by atoms with Crippen molar-refractivity contribution < 1.29 is 18.1 Å². The lowest BCUT2D eigenvalue weighted by Crippen LogP contribution is -2.33. The quantitative estimate of drug-likeness (QED) is 0.499. The number of hydrogen-bond acceptors (Lipinski definition) is 8. The zero-order valence-electron chi connectivity index (χ0n) is 16.4. The molecule has 11 heteroatoms. The van der Waals surface area contributed by atoms with Crippen molar-refractivity contribution in [3.8, 4) is 0 Å². The fourth-order valence-corrected chi connectivity index (χ4v) is 4.21. The van der Waals surface area contributed by atoms with Crippen LogP contribution in [-0.2, 0) is 10.0 Å². The molecule has 2 heterocycles. The molecule has 3 rings (SSSR count). The van der Waals surface area contributed by atoms with Gasteiger partial charge in [0.05, 0.1) is 9.82 Å². The summed E-state index contributed by atoms with van der Waals surface area (Å²) in [6, 6.07) is 8.04. The van der Waals surface area contributed by atoms with Crippen LogP contribution in [0.2, 0.25) is 0 Å². The van der Waals surface area contributed by atoms with Crippen LogP contribution >= 0.6 is 0 Å². The molecule has 1 aliphatic heterocycles. The molecule has 0 aliphatic carbocycles. The van der Waals surface area contributed by atoms with E-state index in [0.717, 1.165) is 32.0 Å². The number of carbonyl (C=O) groups excluding carboxylic acids is 1. The van der Waals surface area contributed by atoms with Crippen molar-refractivity contribution in [3.63, 3.8) is 0 Å². The fourth-order valence-electron chi connectivity index (χ4n) is 3.23. The average Bonchev–Trinajstić information content (AvgIpc) is 2.73. The molecule has 160 valence electrons. The van der Waals surface area contributed by atoms with Crippen LogP contribution in [0.25, 0.3) is 0 Å². The smallest absolute Gasteiger partial charge is 0.293 e. The predicted molar refractivity (Wildman–Crippen MR) is 111 cm³/mol. The van der Waals surface area contributed by atoms with E-state index >= 15 is 0 Å². The van der Waals surface area contributed by atoms with Crippen LogP contribution in [0.3, 0.4) is 0 Å². The number of carbonyl (C=O) groups is 1. The molecule has 1 saturated heterocycles. The van der Waals surface area contributed by atoms with E-state index in [2.05, 4.69) is 22.2 Å². The second-order valence-corrected chi connectivity index (χ2v) is 8.90. The summed E-state index contributed by atoms with van der Waals surface area (Å²) < 4.78 is 26.9. The normalized spacial score (nSPS) is 15.5. The van der Waals surface area contributed by atoms with Crippen molar-refractivity contribution in [1.82, 2.24) is 14.6 Å². The Hall–Kier alpha value is -3.05. The lowest BCUT2D eigenvalue weighted by Gasteiger charge is -2.29. The van der Waals surface area contributed by atoms with Crippen molar-refractivity contribution in [1.29, 1.82) is 0 Å². The van der Waals surface area contributed by atoms with Crippen LogP contribution in [0.5, 0.6) is 0 Å². The molecule has 1 aromatic carbocycles. The van der Waals surface area contributed by atoms with Crippen molar-refractivity contribution in [3.05, 3.63) is 58.4 Å². The number of nitro benzene ring substituents is 1. The maximum atomic E-state index is 12.5. The van der Waals surface area contributed by atoms with Crippen molar-refractivity contribution in [2.24, 2.45) is 5.92 Å². The second-order valence-electron chi connectivity index (χ2n) is 7.21. The van der Waals surface area contributed by atoms with Gasteiger partial charge in [0.1, 0.15) is 11.4 Å². The summed E-state index contributed by atoms with van der Waals surface area (Å²) in [5.41, 5.74) is -0.197. The van der Waals surface area contributed by atoms with E-state index in [1.807, 2.05) is 4.72 Å². The van der Waals surface area contributed by atoms with E-state index in [1.54, 1.807) is 12.1 Å². The van der Waals surface area contributed by atoms with E-state index in [4.69, 9.17) is 0 Å². The number of nitrogens with zero attached hydrogens (tertiary/aromatic N) is 3. The molecular formula is C19H23N5O5S. The first kappa shape index (κ1) is 21.7. The van der Waals surface area contributed by atoms with Gasteiger partial charge in [-0.05, 0) is 63.2 Å². The van der Waals surface area contributed by atoms with Crippen LogP contribution in [-0.4, -0.2) is 55.8 Å². The minimum atomic E-state index is -4.30. The maximum absolute atomic E-state index is 12.5. The van der Waals surface area contributed by atoms with Gasteiger partial charge in [0.25, 0.3) is 21.6 Å². The highest BCUT2D eigenvalue weighted by atomic mass is 32.2. The van der Waals surface area contributed by atoms with E-state index in [9.17, 15) is 23.3 Å². The Morgan fingerprint density at radius 2 is 2.00 bits per heavy atom. The first-order chi connectivity index (χ1) is 14.3. The van der Waals surface area contributed by atoms with Gasteiger partial charge in [-0.15, -0.1) is 0 Å². The van der Waals surface area contributed by atoms with Crippen molar-refractivity contribution >= 4 is 27.3 Å². The summed E-state index contributed by atoms with van der Waals surface area (Å²) in [6.45, 7) is 2.51. The lowest BCUT2D eigenvalue weighted by molar-refractivity contribution is -0.384. The van der Waals surface area contributed by atoms with Crippen LogP contribution in [0.1, 0.15) is 23.3 Å². The highest BCUT2D eigenvalue weighted by molar-refractivity contribution is 7.90. The molecule has 0 radical (unpaired) electrons. The molecule has 1 aliphatic rings. The molecule has 2 aromatic rings. The molecule has 30 heavy (non-hydrogen) atoms. The summed E-state index contributed by atoms with van der Waals surface area (Å²) in [4.78, 5) is 28.6. The molecule has 2 N–H and O–H groups in total. The molecule has 1 amide bonds. The number of aromatic nitrogens is 1. The monoisotopic (exact) mass is 433 g/mol. The standard InChI is InChI=1S/C19H23N5O5S/c1-23-10-7-14(8-11-23)13-21-16-6-5-15(12-18(16)24(26)27)30(28,29)22-19(25)17-4-2-3-9-20-17/h2-6,9,12,14,21H,7-8,10-11,13H2,1H3,(H,22,25). The Labute approximate surface area is 174 Å². The molecule has 10 nitrogen and oxygen atoms in total. The number of likely N-dealkylation sites (tertiary alicyclic amines) is 1. The largest absolute Gasteiger partial charge is 0.379 e. The van der Waals surface area contributed by atoms with Gasteiger partial charge >= 0.3 is 0 Å². The fraction of sp³-hybridized carbons (Fsp3) is 0.368. The van der Waals surface area contributed by atoms with E-state index in [-0.39, 0.29) is 22.0 Å². The number of piperidine rings is 1. The molecule has 0 spiro atoms. The summed E-state index contributed by atoms with van der Waals surface area (Å²) in [7, 11) is -2.24. The number of benzene rings is 1. The number of sulfonamides is 1. The Morgan fingerprint density at radius 1 is 1.27 bits per heavy atom. The van der Waals surface area contributed by atoms with Crippen LogP contribution in [0.4, 0.5) is 11.4 Å². The number of pyridine rings is 1. The molecule has 0 unspecified atom stereocenters. The summed E-state index contributed by atoms with van der Waals surface area (Å²) in [6.07, 6.45) is 3.34. The van der Waals surface area contributed by atoms with E-state index < -0.39 is 20.9 Å². The van der Waals surface area contributed by atoms with Crippen LogP contribution in [0.15, 0.2) is 47.5 Å². The Morgan fingerprint density at radius 3 is 2.63 bits per heavy atom. The molecule has 0 bridgehead atoms. The minimum absolute atomic E-state index is 0.0769. The topological polar surface area (TPSA) is 135 Å². The van der Waals surface area contributed by atoms with Crippen LogP contribution in [0, 0.1) is 16.0 Å². The first-order valence-electron chi connectivity index (χ1n) is 9.45. The highest BCUT2D eigenvalue weighted by Gasteiger charge is 2.25. The minimum Gasteiger partial charge on any atom is -0.379 e. The predicted octanol–water partition coefficient (Wildman–Crippen LogP) is 1.86. The third-order valence-corrected chi connectivity index (χ3v) is 6.35. The zero-order chi connectivity index (χ0) is 21.7. The van der Waals surface area contributed by atoms with Gasteiger partial charge in [0, 0.05) is 18.8 Å². The van der Waals surface area contributed by atoms with Gasteiger partial charge in [0.15, 0.2) is 0 Å². The van der Waals surface area contributed by atoms with Gasteiger partial charge in [-0.1, -0.05) is 6.07 Å². The lowest BCUT2D eigenvalue weighted by atomic mass is 9.97. The number of nitro groups is 1. The third kappa shape index (κ3) is 5.30. The molecule has 1 aromatic heterocycles.